The number of ether oxygens (including phenoxy) is 1. The molecule has 0 aromatic carbocycles. The van der Waals surface area contributed by atoms with Crippen LogP contribution in [0.3, 0.4) is 0 Å². The number of rotatable bonds is 3. The SMILES string of the molecule is C=CC(=O)OCC.CC=C(C)C(=O)O. The van der Waals surface area contributed by atoms with Crippen LogP contribution in [0.4, 0.5) is 0 Å². The van der Waals surface area contributed by atoms with Crippen LogP contribution >= 0.6 is 0 Å². The Morgan fingerprint density at radius 1 is 1.50 bits per heavy atom. The largest absolute Gasteiger partial charge is 0.478 e. The molecular formula is C10H16O4. The Bertz CT molecular complexity index is 228. The average molecular weight is 200 g/mol. The summed E-state index contributed by atoms with van der Waals surface area (Å²) in [6.07, 6.45) is 2.70. The molecule has 0 amide bonds. The van der Waals surface area contributed by atoms with Gasteiger partial charge >= 0.3 is 11.9 Å². The molecule has 0 radical (unpaired) electrons. The molecule has 0 fully saturated rings. The van der Waals surface area contributed by atoms with Gasteiger partial charge in [0.25, 0.3) is 0 Å². The summed E-state index contributed by atoms with van der Waals surface area (Å²) in [7, 11) is 0. The molecule has 80 valence electrons. The Labute approximate surface area is 83.9 Å². The molecule has 0 saturated carbocycles. The number of aliphatic carboxylic acids is 1. The molecule has 0 aliphatic carbocycles. The molecule has 0 atom stereocenters. The molecule has 0 unspecified atom stereocenters. The van der Waals surface area contributed by atoms with E-state index in [4.69, 9.17) is 5.11 Å². The van der Waals surface area contributed by atoms with Crippen LogP contribution in [0.2, 0.25) is 0 Å². The van der Waals surface area contributed by atoms with Gasteiger partial charge in [0.2, 0.25) is 0 Å². The van der Waals surface area contributed by atoms with Gasteiger partial charge in [-0.25, -0.2) is 9.59 Å². The van der Waals surface area contributed by atoms with E-state index >= 15 is 0 Å². The molecule has 1 N–H and O–H groups in total. The van der Waals surface area contributed by atoms with Crippen LogP contribution in [0.5, 0.6) is 0 Å². The van der Waals surface area contributed by atoms with Crippen LogP contribution in [0.25, 0.3) is 0 Å². The van der Waals surface area contributed by atoms with E-state index < -0.39 is 5.97 Å². The van der Waals surface area contributed by atoms with Gasteiger partial charge in [0.05, 0.1) is 6.61 Å². The fourth-order valence-corrected chi connectivity index (χ4v) is 0.325. The lowest BCUT2D eigenvalue weighted by molar-refractivity contribution is -0.137. The molecule has 4 nitrogen and oxygen atoms in total. The van der Waals surface area contributed by atoms with Gasteiger partial charge in [0.15, 0.2) is 0 Å². The van der Waals surface area contributed by atoms with Gasteiger partial charge in [-0.05, 0) is 20.8 Å². The van der Waals surface area contributed by atoms with Crippen molar-refractivity contribution in [3.05, 3.63) is 24.3 Å². The Balaban J connectivity index is 0. The van der Waals surface area contributed by atoms with Crippen molar-refractivity contribution in [2.75, 3.05) is 6.61 Å². The zero-order chi connectivity index (χ0) is 11.6. The minimum absolute atomic E-state index is 0.359. The third kappa shape index (κ3) is 10.4. The van der Waals surface area contributed by atoms with Gasteiger partial charge in [0.1, 0.15) is 0 Å². The molecule has 0 aromatic rings. The summed E-state index contributed by atoms with van der Waals surface area (Å²) in [6.45, 7) is 8.63. The quantitative estimate of drug-likeness (QED) is 0.557. The molecule has 0 aliphatic heterocycles. The first-order chi connectivity index (χ1) is 6.49. The first-order valence-corrected chi connectivity index (χ1v) is 4.14. The van der Waals surface area contributed by atoms with E-state index in [1.54, 1.807) is 26.8 Å². The fraction of sp³-hybridized carbons (Fsp3) is 0.400. The van der Waals surface area contributed by atoms with Crippen LogP contribution in [0.15, 0.2) is 24.3 Å². The summed E-state index contributed by atoms with van der Waals surface area (Å²) >= 11 is 0. The maximum Gasteiger partial charge on any atom is 0.330 e. The third-order valence-electron chi connectivity index (χ3n) is 1.22. The van der Waals surface area contributed by atoms with Gasteiger partial charge in [-0.3, -0.25) is 0 Å². The summed E-state index contributed by atoms with van der Waals surface area (Å²) in [5.41, 5.74) is 0.389. The molecule has 4 heteroatoms. The van der Waals surface area contributed by atoms with Gasteiger partial charge in [-0.2, -0.15) is 0 Å². The number of esters is 1. The maximum absolute atomic E-state index is 10.1. The van der Waals surface area contributed by atoms with Crippen molar-refractivity contribution in [2.45, 2.75) is 20.8 Å². The normalized spacial score (nSPS) is 9.50. The van der Waals surface area contributed by atoms with Crippen molar-refractivity contribution >= 4 is 11.9 Å². The van der Waals surface area contributed by atoms with E-state index in [0.29, 0.717) is 12.2 Å². The van der Waals surface area contributed by atoms with Crippen LogP contribution in [0, 0.1) is 0 Å². The number of carboxylic acids is 1. The van der Waals surface area contributed by atoms with Crippen LogP contribution in [0.1, 0.15) is 20.8 Å². The number of hydrogen-bond donors (Lipinski definition) is 1. The van der Waals surface area contributed by atoms with E-state index in [1.807, 2.05) is 0 Å². The van der Waals surface area contributed by atoms with Gasteiger partial charge in [-0.15, -0.1) is 0 Å². The average Bonchev–Trinajstić information content (AvgIpc) is 2.17. The number of carbonyl (C=O) groups is 2. The van der Waals surface area contributed by atoms with Crippen molar-refractivity contribution in [1.29, 1.82) is 0 Å². The number of carbonyl (C=O) groups excluding carboxylic acids is 1. The van der Waals surface area contributed by atoms with Crippen molar-refractivity contribution < 1.29 is 19.4 Å². The smallest absolute Gasteiger partial charge is 0.330 e. The van der Waals surface area contributed by atoms with E-state index in [0.717, 1.165) is 6.08 Å². The molecule has 0 saturated heterocycles. The van der Waals surface area contributed by atoms with Crippen molar-refractivity contribution in [1.82, 2.24) is 0 Å². The van der Waals surface area contributed by atoms with E-state index in [2.05, 4.69) is 11.3 Å². The van der Waals surface area contributed by atoms with Gasteiger partial charge in [-0.1, -0.05) is 12.7 Å². The molecule has 0 rings (SSSR count). The molecule has 0 heterocycles. The number of allylic oxidation sites excluding steroid dienone is 1. The first-order valence-electron chi connectivity index (χ1n) is 4.14. The second-order valence-corrected chi connectivity index (χ2v) is 2.23. The topological polar surface area (TPSA) is 63.6 Å². The fourth-order valence-electron chi connectivity index (χ4n) is 0.325. The van der Waals surface area contributed by atoms with Crippen LogP contribution < -0.4 is 0 Å². The Hall–Kier alpha value is -1.58. The van der Waals surface area contributed by atoms with E-state index in [1.165, 1.54) is 0 Å². The summed E-state index contributed by atoms with van der Waals surface area (Å²) in [5, 5.41) is 8.11. The molecule has 0 aromatic heterocycles. The summed E-state index contributed by atoms with van der Waals surface area (Å²) in [4.78, 5) is 19.9. The molecular weight excluding hydrogens is 184 g/mol. The highest BCUT2D eigenvalue weighted by Gasteiger charge is 1.93. The highest BCUT2D eigenvalue weighted by atomic mass is 16.5. The van der Waals surface area contributed by atoms with Crippen LogP contribution in [-0.2, 0) is 14.3 Å². The van der Waals surface area contributed by atoms with Gasteiger partial charge < -0.3 is 9.84 Å². The lowest BCUT2D eigenvalue weighted by Crippen LogP contribution is -1.97. The lowest BCUT2D eigenvalue weighted by Gasteiger charge is -1.90. The molecule has 0 spiro atoms. The second-order valence-electron chi connectivity index (χ2n) is 2.23. The predicted octanol–water partition coefficient (Wildman–Crippen LogP) is 1.77. The van der Waals surface area contributed by atoms with Crippen molar-refractivity contribution in [3.63, 3.8) is 0 Å². The van der Waals surface area contributed by atoms with Crippen molar-refractivity contribution in [2.24, 2.45) is 0 Å². The number of hydrogen-bond acceptors (Lipinski definition) is 3. The zero-order valence-corrected chi connectivity index (χ0v) is 8.74. The number of carboxylic acid groups (broad SMARTS) is 1. The summed E-state index contributed by atoms with van der Waals surface area (Å²) < 4.78 is 4.43. The van der Waals surface area contributed by atoms with Crippen LogP contribution in [-0.4, -0.2) is 23.7 Å². The second kappa shape index (κ2) is 9.51. The summed E-state index contributed by atoms with van der Waals surface area (Å²) in [5.74, 6) is -1.20. The van der Waals surface area contributed by atoms with E-state index in [-0.39, 0.29) is 5.97 Å². The zero-order valence-electron chi connectivity index (χ0n) is 8.74. The minimum Gasteiger partial charge on any atom is -0.478 e. The highest BCUT2D eigenvalue weighted by Crippen LogP contribution is 1.87. The standard InChI is InChI=1S/2C5H8O2/c1-3-5(6)7-4-2;1-3-4(2)5(6)7/h3H,1,4H2,2H3;3H,1-2H3,(H,6,7). The maximum atomic E-state index is 10.1. The van der Waals surface area contributed by atoms with Crippen molar-refractivity contribution in [3.8, 4) is 0 Å². The Kier molecular flexibility index (Phi) is 10.1. The monoisotopic (exact) mass is 200 g/mol. The lowest BCUT2D eigenvalue weighted by atomic mass is 10.3. The Morgan fingerprint density at radius 2 is 2.00 bits per heavy atom. The third-order valence-corrected chi connectivity index (χ3v) is 1.22. The first kappa shape index (κ1) is 14.9. The van der Waals surface area contributed by atoms with Gasteiger partial charge in [0, 0.05) is 11.6 Å². The molecule has 14 heavy (non-hydrogen) atoms. The molecule has 0 aliphatic rings. The highest BCUT2D eigenvalue weighted by molar-refractivity contribution is 5.85. The summed E-state index contributed by atoms with van der Waals surface area (Å²) in [6, 6.07) is 0. The predicted molar refractivity (Wildman–Crippen MR) is 53.9 cm³/mol. The van der Waals surface area contributed by atoms with E-state index in [9.17, 15) is 9.59 Å². The Morgan fingerprint density at radius 3 is 2.07 bits per heavy atom. The molecule has 0 bridgehead atoms. The minimum atomic E-state index is -0.845.